The van der Waals surface area contributed by atoms with Crippen molar-refractivity contribution < 1.29 is 19.1 Å². The van der Waals surface area contributed by atoms with E-state index in [1.807, 2.05) is 0 Å². The Morgan fingerprint density at radius 3 is 2.32 bits per heavy atom. The van der Waals surface area contributed by atoms with Crippen molar-refractivity contribution in [1.82, 2.24) is 0 Å². The molecule has 6 nitrogen and oxygen atoms in total. The van der Waals surface area contributed by atoms with E-state index in [1.165, 1.54) is 4.90 Å². The normalized spacial score (nSPS) is 32.0. The number of carbonyl (C=O) groups is 3. The Morgan fingerprint density at radius 2 is 1.65 bits per heavy atom. The van der Waals surface area contributed by atoms with Gasteiger partial charge in [-0.15, -0.1) is 0 Å². The fourth-order valence-corrected chi connectivity index (χ4v) is 5.90. The quantitative estimate of drug-likeness (QED) is 0.614. The predicted octanol–water partition coefficient (Wildman–Crippen LogP) is 3.51. The minimum atomic E-state index is -0.311. The van der Waals surface area contributed by atoms with Crippen molar-refractivity contribution in [3.63, 3.8) is 0 Å². The monoisotopic (exact) mass is 414 g/mol. The van der Waals surface area contributed by atoms with Crippen LogP contribution in [0.4, 0.5) is 11.4 Å². The van der Waals surface area contributed by atoms with Crippen LogP contribution in [-0.2, 0) is 9.59 Å². The predicted molar refractivity (Wildman–Crippen MR) is 115 cm³/mol. The first-order valence-corrected chi connectivity index (χ1v) is 10.7. The second-order valence-corrected chi connectivity index (χ2v) is 8.90. The molecule has 2 aromatic rings. The number of ether oxygens (including phenoxy) is 1. The zero-order valence-electron chi connectivity index (χ0n) is 17.0. The molecule has 5 aliphatic rings. The molecule has 1 aliphatic heterocycles. The molecule has 0 aromatic heterocycles. The Hall–Kier alpha value is -3.41. The maximum atomic E-state index is 13.3. The lowest BCUT2D eigenvalue weighted by atomic mass is 9.63. The number of benzene rings is 2. The highest BCUT2D eigenvalue weighted by Gasteiger charge is 2.67. The Balaban J connectivity index is 1.27. The van der Waals surface area contributed by atoms with Gasteiger partial charge in [0.2, 0.25) is 11.8 Å². The fraction of sp³-hybridized carbons (Fsp3) is 0.320. The smallest absolute Gasteiger partial charge is 0.255 e. The highest BCUT2D eigenvalue weighted by atomic mass is 16.5. The average Bonchev–Trinajstić information content (AvgIpc) is 3.57. The molecule has 3 fully saturated rings. The molecule has 6 atom stereocenters. The van der Waals surface area contributed by atoms with Gasteiger partial charge in [0.05, 0.1) is 24.6 Å². The van der Waals surface area contributed by atoms with Crippen LogP contribution in [0.2, 0.25) is 0 Å². The molecule has 1 saturated heterocycles. The van der Waals surface area contributed by atoms with Gasteiger partial charge in [-0.25, -0.2) is 4.90 Å². The number of hydrogen-bond acceptors (Lipinski definition) is 4. The van der Waals surface area contributed by atoms with Crippen LogP contribution in [0.25, 0.3) is 0 Å². The van der Waals surface area contributed by atoms with Crippen molar-refractivity contribution in [3.8, 4) is 5.75 Å². The van der Waals surface area contributed by atoms with E-state index in [2.05, 4.69) is 17.5 Å². The summed E-state index contributed by atoms with van der Waals surface area (Å²) < 4.78 is 5.19. The number of amides is 3. The topological polar surface area (TPSA) is 75.7 Å². The van der Waals surface area contributed by atoms with Crippen LogP contribution < -0.4 is 15.0 Å². The van der Waals surface area contributed by atoms with Gasteiger partial charge in [-0.3, -0.25) is 14.4 Å². The Bertz CT molecular complexity index is 1120. The molecule has 3 amide bonds. The maximum Gasteiger partial charge on any atom is 0.255 e. The lowest BCUT2D eigenvalue weighted by Crippen LogP contribution is -2.40. The number of anilines is 2. The standard InChI is InChI=1S/C25H22N2O4/c1-31-16-7-3-5-14(11-16)26-23(28)13-4-2-6-15(10-13)27-24(29)21-17-8-9-18(20-12-19(17)20)22(21)25(27)30/h2-11,17-22H,12H2,1H3,(H,26,28)/t17-,18-,19-,20-,21+,22+/m0/s1. The molecular weight excluding hydrogens is 392 g/mol. The van der Waals surface area contributed by atoms with Gasteiger partial charge in [-0.05, 0) is 60.4 Å². The lowest BCUT2D eigenvalue weighted by Gasteiger charge is -2.37. The van der Waals surface area contributed by atoms with Crippen molar-refractivity contribution in [1.29, 1.82) is 0 Å². The molecule has 1 N–H and O–H groups in total. The van der Waals surface area contributed by atoms with Crippen molar-refractivity contribution in [2.45, 2.75) is 6.42 Å². The van der Waals surface area contributed by atoms with Crippen molar-refractivity contribution >= 4 is 29.1 Å². The van der Waals surface area contributed by atoms with Gasteiger partial charge in [0, 0.05) is 17.3 Å². The molecule has 2 saturated carbocycles. The molecule has 0 spiro atoms. The van der Waals surface area contributed by atoms with Crippen LogP contribution >= 0.6 is 0 Å². The number of methoxy groups -OCH3 is 1. The van der Waals surface area contributed by atoms with Gasteiger partial charge in [0.15, 0.2) is 0 Å². The molecule has 0 unspecified atom stereocenters. The number of nitrogens with zero attached hydrogens (tertiary/aromatic N) is 1. The summed E-state index contributed by atoms with van der Waals surface area (Å²) in [5.41, 5.74) is 1.46. The van der Waals surface area contributed by atoms with Gasteiger partial charge < -0.3 is 10.1 Å². The van der Waals surface area contributed by atoms with Gasteiger partial charge in [0.25, 0.3) is 5.91 Å². The number of rotatable bonds is 4. The van der Waals surface area contributed by atoms with E-state index in [0.29, 0.717) is 34.5 Å². The van der Waals surface area contributed by atoms with Crippen molar-refractivity contribution in [2.75, 3.05) is 17.3 Å². The van der Waals surface area contributed by atoms with Crippen LogP contribution in [0.15, 0.2) is 60.7 Å². The van der Waals surface area contributed by atoms with Gasteiger partial charge in [-0.1, -0.05) is 24.3 Å². The molecule has 6 heteroatoms. The number of allylic oxidation sites excluding steroid dienone is 2. The van der Waals surface area contributed by atoms with Gasteiger partial charge >= 0.3 is 0 Å². The van der Waals surface area contributed by atoms with Crippen molar-refractivity contribution in [2.24, 2.45) is 35.5 Å². The minimum Gasteiger partial charge on any atom is -0.497 e. The number of carbonyl (C=O) groups excluding carboxylic acids is 3. The van der Waals surface area contributed by atoms with E-state index >= 15 is 0 Å². The number of imide groups is 1. The van der Waals surface area contributed by atoms with E-state index < -0.39 is 0 Å². The third kappa shape index (κ3) is 2.67. The maximum absolute atomic E-state index is 13.3. The molecule has 2 bridgehead atoms. The molecular formula is C25H22N2O4. The van der Waals surface area contributed by atoms with Crippen LogP contribution in [0, 0.1) is 35.5 Å². The summed E-state index contributed by atoms with van der Waals surface area (Å²) in [6.07, 6.45) is 5.45. The first-order chi connectivity index (χ1) is 15.1. The van der Waals surface area contributed by atoms with Gasteiger partial charge in [-0.2, -0.15) is 0 Å². The Labute approximate surface area is 179 Å². The van der Waals surface area contributed by atoms with Crippen molar-refractivity contribution in [3.05, 3.63) is 66.2 Å². The molecule has 1 heterocycles. The van der Waals surface area contributed by atoms with E-state index in [4.69, 9.17) is 4.74 Å². The van der Waals surface area contributed by atoms with E-state index in [1.54, 1.807) is 55.6 Å². The summed E-state index contributed by atoms with van der Waals surface area (Å²) in [6.45, 7) is 0. The SMILES string of the molecule is COc1cccc(NC(=O)c2cccc(N3C(=O)[C@@H]4[C@H]5C=C[C@@H]([C@@H]6C[C@@H]56)[C@H]4C3=O)c2)c1. The van der Waals surface area contributed by atoms with Crippen LogP contribution in [0.1, 0.15) is 16.8 Å². The summed E-state index contributed by atoms with van der Waals surface area (Å²) in [4.78, 5) is 40.7. The molecule has 4 aliphatic carbocycles. The van der Waals surface area contributed by atoms with Crippen LogP contribution in [0.3, 0.4) is 0 Å². The first kappa shape index (κ1) is 18.4. The summed E-state index contributed by atoms with van der Waals surface area (Å²) in [6, 6.07) is 13.8. The minimum absolute atomic E-state index is 0.120. The lowest BCUT2D eigenvalue weighted by molar-refractivity contribution is -0.124. The summed E-state index contributed by atoms with van der Waals surface area (Å²) in [5, 5.41) is 2.84. The highest BCUT2D eigenvalue weighted by Crippen LogP contribution is 2.65. The molecule has 31 heavy (non-hydrogen) atoms. The first-order valence-electron chi connectivity index (χ1n) is 10.7. The van der Waals surface area contributed by atoms with E-state index in [-0.39, 0.29) is 41.4 Å². The Morgan fingerprint density at radius 1 is 0.968 bits per heavy atom. The Kier molecular flexibility index (Phi) is 3.88. The summed E-state index contributed by atoms with van der Waals surface area (Å²) in [7, 11) is 1.57. The van der Waals surface area contributed by atoms with E-state index in [9.17, 15) is 14.4 Å². The number of nitrogens with one attached hydrogen (secondary N) is 1. The molecule has 7 rings (SSSR count). The van der Waals surface area contributed by atoms with Crippen LogP contribution in [0.5, 0.6) is 5.75 Å². The van der Waals surface area contributed by atoms with Gasteiger partial charge in [0.1, 0.15) is 5.75 Å². The van der Waals surface area contributed by atoms with Crippen LogP contribution in [-0.4, -0.2) is 24.8 Å². The zero-order valence-corrected chi connectivity index (χ0v) is 17.0. The molecule has 0 radical (unpaired) electrons. The average molecular weight is 414 g/mol. The zero-order chi connectivity index (χ0) is 21.3. The second kappa shape index (κ2) is 6.54. The summed E-state index contributed by atoms with van der Waals surface area (Å²) >= 11 is 0. The molecule has 156 valence electrons. The summed E-state index contributed by atoms with van der Waals surface area (Å²) in [5.74, 6) is 1.08. The second-order valence-electron chi connectivity index (χ2n) is 8.90. The third-order valence-electron chi connectivity index (χ3n) is 7.36. The largest absolute Gasteiger partial charge is 0.497 e. The van der Waals surface area contributed by atoms with E-state index in [0.717, 1.165) is 6.42 Å². The highest BCUT2D eigenvalue weighted by molar-refractivity contribution is 6.23. The fourth-order valence-electron chi connectivity index (χ4n) is 5.90. The molecule has 2 aromatic carbocycles. The number of hydrogen-bond donors (Lipinski definition) is 1. The third-order valence-corrected chi connectivity index (χ3v) is 7.36.